The lowest BCUT2D eigenvalue weighted by molar-refractivity contribution is -0.141. The van der Waals surface area contributed by atoms with E-state index in [0.29, 0.717) is 6.08 Å². The van der Waals surface area contributed by atoms with Crippen molar-refractivity contribution in [3.8, 4) is 0 Å². The highest BCUT2D eigenvalue weighted by Crippen LogP contribution is 2.12. The van der Waals surface area contributed by atoms with E-state index in [9.17, 15) is 28.8 Å². The van der Waals surface area contributed by atoms with Crippen molar-refractivity contribution in [3.05, 3.63) is 11.6 Å². The maximum absolute atomic E-state index is 12.0. The topological polar surface area (TPSA) is 180 Å². The highest BCUT2D eigenvalue weighted by atomic mass is 16.5. The van der Waals surface area contributed by atoms with Gasteiger partial charge in [-0.25, -0.2) is 19.2 Å². The number of hydrogen-bond donors (Lipinski definition) is 5. The summed E-state index contributed by atoms with van der Waals surface area (Å²) in [7, 11) is 0. The molecular weight excluding hydrogens is 328 g/mol. The molecule has 0 aromatic heterocycles. The van der Waals surface area contributed by atoms with Crippen LogP contribution in [-0.2, 0) is 23.9 Å². The molecular formula is C12H12N4O8. The molecule has 2 saturated heterocycles. The number of carbonyl (C=O) groups excluding carboxylic acids is 5. The number of imide groups is 2. The van der Waals surface area contributed by atoms with Gasteiger partial charge in [-0.1, -0.05) is 0 Å². The highest BCUT2D eigenvalue weighted by molar-refractivity contribution is 6.06. The molecule has 2 aliphatic rings. The number of nitrogens with one attached hydrogen (secondary N) is 4. The summed E-state index contributed by atoms with van der Waals surface area (Å²) in [6.07, 6.45) is 0.124. The maximum Gasteiger partial charge on any atom is 0.334 e. The molecule has 0 aromatic carbocycles. The molecule has 2 heterocycles. The molecule has 12 heteroatoms. The lowest BCUT2D eigenvalue weighted by atomic mass is 10.1. The van der Waals surface area contributed by atoms with Crippen LogP contribution in [0.4, 0.5) is 9.59 Å². The second kappa shape index (κ2) is 6.76. The van der Waals surface area contributed by atoms with Gasteiger partial charge in [0.15, 0.2) is 0 Å². The maximum atomic E-state index is 12.0. The van der Waals surface area contributed by atoms with Crippen LogP contribution in [0.3, 0.4) is 0 Å². The fourth-order valence-electron chi connectivity index (χ4n) is 2.00. The van der Waals surface area contributed by atoms with Crippen molar-refractivity contribution in [1.29, 1.82) is 0 Å². The van der Waals surface area contributed by atoms with Crippen LogP contribution in [0.5, 0.6) is 0 Å². The number of urea groups is 2. The van der Waals surface area contributed by atoms with Crippen LogP contribution in [0.2, 0.25) is 0 Å². The Morgan fingerprint density at radius 2 is 1.54 bits per heavy atom. The van der Waals surface area contributed by atoms with E-state index in [1.54, 1.807) is 0 Å². The Labute approximate surface area is 133 Å². The van der Waals surface area contributed by atoms with E-state index in [1.807, 2.05) is 10.6 Å². The molecule has 128 valence electrons. The van der Waals surface area contributed by atoms with Gasteiger partial charge in [0.1, 0.15) is 18.7 Å². The quantitative estimate of drug-likeness (QED) is 0.197. The minimum Gasteiger partial charge on any atom is -0.478 e. The van der Waals surface area contributed by atoms with Gasteiger partial charge in [-0.3, -0.25) is 20.2 Å². The molecule has 0 spiro atoms. The zero-order valence-electron chi connectivity index (χ0n) is 12.0. The van der Waals surface area contributed by atoms with Crippen molar-refractivity contribution in [2.45, 2.75) is 18.5 Å². The van der Waals surface area contributed by atoms with Gasteiger partial charge in [-0.05, 0) is 0 Å². The fourth-order valence-corrected chi connectivity index (χ4v) is 2.00. The molecule has 24 heavy (non-hydrogen) atoms. The van der Waals surface area contributed by atoms with E-state index in [4.69, 9.17) is 9.84 Å². The number of carbonyl (C=O) groups is 6. The number of rotatable bonds is 6. The molecule has 2 atom stereocenters. The molecule has 5 N–H and O–H groups in total. The number of hydrogen-bond acceptors (Lipinski definition) is 7. The van der Waals surface area contributed by atoms with Crippen LogP contribution < -0.4 is 21.3 Å². The summed E-state index contributed by atoms with van der Waals surface area (Å²) in [4.78, 5) is 67.5. The van der Waals surface area contributed by atoms with Crippen LogP contribution in [0.15, 0.2) is 11.6 Å². The normalized spacial score (nSPS) is 23.2. The Kier molecular flexibility index (Phi) is 4.77. The van der Waals surface area contributed by atoms with E-state index >= 15 is 0 Å². The Morgan fingerprint density at radius 3 is 2.00 bits per heavy atom. The van der Waals surface area contributed by atoms with Crippen LogP contribution in [0.25, 0.3) is 0 Å². The molecule has 2 rings (SSSR count). The Bertz CT molecular complexity index is 670. The highest BCUT2D eigenvalue weighted by Gasteiger charge is 2.34. The third kappa shape index (κ3) is 4.06. The van der Waals surface area contributed by atoms with Gasteiger partial charge in [0.2, 0.25) is 0 Å². The number of carboxylic acid groups (broad SMARTS) is 1. The van der Waals surface area contributed by atoms with Gasteiger partial charge in [0.25, 0.3) is 11.8 Å². The molecule has 12 nitrogen and oxygen atoms in total. The van der Waals surface area contributed by atoms with Gasteiger partial charge in [0, 0.05) is 18.1 Å². The van der Waals surface area contributed by atoms with Crippen LogP contribution >= 0.6 is 0 Å². The summed E-state index contributed by atoms with van der Waals surface area (Å²) >= 11 is 0. The number of aliphatic carboxylic acids is 1. The zero-order valence-corrected chi connectivity index (χ0v) is 12.0. The number of ether oxygens (including phenoxy) is 1. The third-order valence-corrected chi connectivity index (χ3v) is 3.08. The SMILES string of the molecule is O=C(O)C=C(CC1NC(=O)NC1=O)C(=O)OCC1NC(=O)NC1=O. The van der Waals surface area contributed by atoms with Crippen molar-refractivity contribution in [2.75, 3.05) is 6.61 Å². The molecule has 0 saturated carbocycles. The molecule has 0 bridgehead atoms. The first-order valence-corrected chi connectivity index (χ1v) is 6.59. The first-order chi connectivity index (χ1) is 11.3. The Hall–Kier alpha value is -3.44. The molecule has 0 aromatic rings. The van der Waals surface area contributed by atoms with Gasteiger partial charge in [-0.15, -0.1) is 0 Å². The van der Waals surface area contributed by atoms with Crippen molar-refractivity contribution in [2.24, 2.45) is 0 Å². The Balaban J connectivity index is 1.99. The molecule has 2 aliphatic heterocycles. The minimum absolute atomic E-state index is 0.394. The molecule has 0 radical (unpaired) electrons. The summed E-state index contributed by atoms with van der Waals surface area (Å²) in [5.74, 6) is -3.97. The van der Waals surface area contributed by atoms with Gasteiger partial charge >= 0.3 is 24.0 Å². The van der Waals surface area contributed by atoms with Gasteiger partial charge < -0.3 is 20.5 Å². The molecule has 6 amide bonds. The largest absolute Gasteiger partial charge is 0.478 e. The van der Waals surface area contributed by atoms with Crippen molar-refractivity contribution < 1.29 is 38.6 Å². The van der Waals surface area contributed by atoms with E-state index in [2.05, 4.69) is 10.6 Å². The molecule has 2 fully saturated rings. The van der Waals surface area contributed by atoms with Crippen molar-refractivity contribution in [1.82, 2.24) is 21.3 Å². The average molecular weight is 340 g/mol. The second-order valence-electron chi connectivity index (χ2n) is 4.84. The zero-order chi connectivity index (χ0) is 17.9. The molecule has 2 unspecified atom stereocenters. The minimum atomic E-state index is -1.46. The van der Waals surface area contributed by atoms with E-state index in [-0.39, 0.29) is 0 Å². The van der Waals surface area contributed by atoms with Crippen LogP contribution in [0, 0.1) is 0 Å². The first-order valence-electron chi connectivity index (χ1n) is 6.59. The van der Waals surface area contributed by atoms with Gasteiger partial charge in [-0.2, -0.15) is 0 Å². The lowest BCUT2D eigenvalue weighted by Gasteiger charge is -2.12. The second-order valence-corrected chi connectivity index (χ2v) is 4.84. The van der Waals surface area contributed by atoms with E-state index < -0.39 is 66.5 Å². The number of esters is 1. The van der Waals surface area contributed by atoms with Crippen LogP contribution in [0.1, 0.15) is 6.42 Å². The number of carboxylic acids is 1. The Morgan fingerprint density at radius 1 is 1.00 bits per heavy atom. The summed E-state index contributed by atoms with van der Waals surface area (Å²) in [5, 5.41) is 17.1. The average Bonchev–Trinajstić information content (AvgIpc) is 2.96. The predicted molar refractivity (Wildman–Crippen MR) is 72.2 cm³/mol. The first kappa shape index (κ1) is 16.9. The lowest BCUT2D eigenvalue weighted by Crippen LogP contribution is -2.36. The monoisotopic (exact) mass is 340 g/mol. The summed E-state index contributed by atoms with van der Waals surface area (Å²) in [6, 6.07) is -3.72. The summed E-state index contributed by atoms with van der Waals surface area (Å²) in [6.45, 7) is -0.517. The van der Waals surface area contributed by atoms with E-state index in [0.717, 1.165) is 0 Å². The third-order valence-electron chi connectivity index (χ3n) is 3.08. The smallest absolute Gasteiger partial charge is 0.334 e. The van der Waals surface area contributed by atoms with Crippen LogP contribution in [-0.4, -0.2) is 59.6 Å². The number of amides is 6. The summed E-state index contributed by atoms with van der Waals surface area (Å²) < 4.78 is 4.79. The van der Waals surface area contributed by atoms with Gasteiger partial charge in [0.05, 0.1) is 0 Å². The standard InChI is InChI=1S/C12H12N4O8/c17-7(18)2-4(1-5-8(19)15-11(22)13-5)10(21)24-3-6-9(20)16-12(23)14-6/h2,5-6H,1,3H2,(H,17,18)(H2,13,15,19,22)(H2,14,16,20,23). The van der Waals surface area contributed by atoms with Crippen molar-refractivity contribution >= 4 is 35.8 Å². The summed E-state index contributed by atoms with van der Waals surface area (Å²) in [5.41, 5.74) is -0.394. The van der Waals surface area contributed by atoms with E-state index in [1.165, 1.54) is 0 Å². The fraction of sp³-hybridized carbons (Fsp3) is 0.333. The van der Waals surface area contributed by atoms with Crippen molar-refractivity contribution in [3.63, 3.8) is 0 Å². The predicted octanol–water partition coefficient (Wildman–Crippen LogP) is -2.65. The molecule has 0 aliphatic carbocycles.